The number of carbonyl (C=O) groups is 3. The third-order valence-electron chi connectivity index (χ3n) is 8.43. The maximum Gasteiger partial charge on any atom is 0.250 e. The Hall–Kier alpha value is -2.65. The van der Waals surface area contributed by atoms with Gasteiger partial charge in [0.15, 0.2) is 0 Å². The summed E-state index contributed by atoms with van der Waals surface area (Å²) in [6, 6.07) is 6.26. The van der Waals surface area contributed by atoms with Crippen molar-refractivity contribution >= 4 is 23.4 Å². The molecule has 4 rings (SSSR count). The Labute approximate surface area is 219 Å². The van der Waals surface area contributed by atoms with Crippen LogP contribution in [0.1, 0.15) is 65.2 Å². The lowest BCUT2D eigenvalue weighted by Crippen LogP contribution is -2.53. The number of carbonyl (C=O) groups excluding carboxylic acids is 3. The highest BCUT2D eigenvalue weighted by Crippen LogP contribution is 2.64. The number of rotatable bonds is 13. The van der Waals surface area contributed by atoms with Crippen molar-refractivity contribution in [3.05, 3.63) is 24.3 Å². The number of methoxy groups -OCH3 is 1. The van der Waals surface area contributed by atoms with Crippen molar-refractivity contribution in [2.75, 3.05) is 32.1 Å². The van der Waals surface area contributed by atoms with Crippen LogP contribution < -0.4 is 15.4 Å². The fourth-order valence-corrected chi connectivity index (χ4v) is 6.65. The van der Waals surface area contributed by atoms with Crippen LogP contribution in [0.3, 0.4) is 0 Å². The quantitative estimate of drug-likeness (QED) is 0.348. The molecule has 3 heterocycles. The van der Waals surface area contributed by atoms with Crippen LogP contribution in [0.15, 0.2) is 24.3 Å². The predicted molar refractivity (Wildman–Crippen MR) is 139 cm³/mol. The smallest absolute Gasteiger partial charge is 0.250 e. The molecule has 2 unspecified atom stereocenters. The van der Waals surface area contributed by atoms with Gasteiger partial charge in [-0.05, 0) is 62.8 Å². The molecule has 1 spiro atoms. The third kappa shape index (κ3) is 4.83. The molecule has 9 nitrogen and oxygen atoms in total. The number of likely N-dealkylation sites (tertiary alicyclic amines) is 1. The number of hydrogen-bond acceptors (Lipinski definition) is 6. The first kappa shape index (κ1) is 27.4. The van der Waals surface area contributed by atoms with Gasteiger partial charge < -0.3 is 30.1 Å². The Kier molecular flexibility index (Phi) is 8.43. The van der Waals surface area contributed by atoms with E-state index in [1.807, 2.05) is 13.8 Å². The average Bonchev–Trinajstić information content (AvgIpc) is 3.51. The SMILES string of the molecule is CCCNC(=O)[C@@H]1[C@H]2C(=O)N(CCCCCCO)C(C(=O)Nc3ccc(OC)cc3)C23CC[C@@]1(CC)O3. The standard InChI is InChI=1S/C28H41N3O6/c1-4-16-29-24(33)21-22-26(35)31(17-8-6-7-9-18-32)23(28(22)15-14-27(21,5-2)37-28)25(34)30-19-10-12-20(36-3)13-11-19/h10-13,21-23,32H,4-9,14-18H2,1-3H3,(H,29,33)(H,30,34)/t21-,22-,23?,27+,28?/m0/s1. The number of ether oxygens (including phenoxy) is 2. The highest BCUT2D eigenvalue weighted by Gasteiger charge is 2.78. The highest BCUT2D eigenvalue weighted by atomic mass is 16.5. The van der Waals surface area contributed by atoms with Gasteiger partial charge in [-0.2, -0.15) is 0 Å². The number of fused-ring (bicyclic) bond motifs is 1. The molecule has 0 saturated carbocycles. The summed E-state index contributed by atoms with van der Waals surface area (Å²) >= 11 is 0. The van der Waals surface area contributed by atoms with Crippen molar-refractivity contribution in [2.24, 2.45) is 11.8 Å². The summed E-state index contributed by atoms with van der Waals surface area (Å²) in [4.78, 5) is 43.0. The molecule has 0 radical (unpaired) electrons. The molecule has 0 aromatic heterocycles. The Morgan fingerprint density at radius 3 is 2.49 bits per heavy atom. The van der Waals surface area contributed by atoms with Crippen LogP contribution in [-0.4, -0.2) is 71.8 Å². The van der Waals surface area contributed by atoms with E-state index in [2.05, 4.69) is 10.6 Å². The van der Waals surface area contributed by atoms with E-state index in [1.165, 1.54) is 0 Å². The first-order valence-corrected chi connectivity index (χ1v) is 13.7. The van der Waals surface area contributed by atoms with E-state index in [0.29, 0.717) is 56.6 Å². The van der Waals surface area contributed by atoms with E-state index in [-0.39, 0.29) is 24.3 Å². The molecular formula is C28H41N3O6. The molecule has 3 fully saturated rings. The summed E-state index contributed by atoms with van der Waals surface area (Å²) in [6.45, 7) is 5.08. The Balaban J connectivity index is 1.65. The zero-order valence-corrected chi connectivity index (χ0v) is 22.3. The molecule has 1 aromatic carbocycles. The van der Waals surface area contributed by atoms with Crippen LogP contribution in [0.4, 0.5) is 5.69 Å². The van der Waals surface area contributed by atoms with Gasteiger partial charge >= 0.3 is 0 Å². The molecule has 0 aliphatic carbocycles. The summed E-state index contributed by atoms with van der Waals surface area (Å²) in [5.41, 5.74) is -1.15. The number of hydrogen-bond donors (Lipinski definition) is 3. The number of aliphatic hydroxyl groups excluding tert-OH is 1. The summed E-state index contributed by atoms with van der Waals surface area (Å²) in [7, 11) is 1.58. The first-order valence-electron chi connectivity index (χ1n) is 13.7. The number of nitrogens with one attached hydrogen (secondary N) is 2. The van der Waals surface area contributed by atoms with Gasteiger partial charge in [0.05, 0.1) is 24.5 Å². The number of nitrogens with zero attached hydrogens (tertiary/aromatic N) is 1. The van der Waals surface area contributed by atoms with Crippen molar-refractivity contribution in [2.45, 2.75) is 82.5 Å². The van der Waals surface area contributed by atoms with Crippen LogP contribution in [0.25, 0.3) is 0 Å². The Bertz CT molecular complexity index is 985. The van der Waals surface area contributed by atoms with Crippen molar-refractivity contribution in [1.29, 1.82) is 0 Å². The molecule has 204 valence electrons. The number of anilines is 1. The number of unbranched alkanes of at least 4 members (excludes halogenated alkanes) is 3. The van der Waals surface area contributed by atoms with E-state index in [9.17, 15) is 14.4 Å². The summed E-state index contributed by atoms with van der Waals surface area (Å²) in [5.74, 6) is -1.21. The minimum Gasteiger partial charge on any atom is -0.497 e. The van der Waals surface area contributed by atoms with Gasteiger partial charge in [0.1, 0.15) is 17.4 Å². The molecule has 1 aromatic rings. The zero-order chi connectivity index (χ0) is 26.6. The van der Waals surface area contributed by atoms with Gasteiger partial charge in [-0.3, -0.25) is 14.4 Å². The van der Waals surface area contributed by atoms with Crippen molar-refractivity contribution < 1.29 is 29.0 Å². The molecular weight excluding hydrogens is 474 g/mol. The lowest BCUT2D eigenvalue weighted by molar-refractivity contribution is -0.146. The number of amides is 3. The second kappa shape index (κ2) is 11.4. The molecule has 5 atom stereocenters. The predicted octanol–water partition coefficient (Wildman–Crippen LogP) is 2.87. The largest absolute Gasteiger partial charge is 0.497 e. The van der Waals surface area contributed by atoms with Crippen LogP contribution >= 0.6 is 0 Å². The van der Waals surface area contributed by atoms with Gasteiger partial charge in [0, 0.05) is 25.4 Å². The van der Waals surface area contributed by atoms with Crippen LogP contribution in [-0.2, 0) is 19.1 Å². The normalized spacial score (nSPS) is 29.9. The van der Waals surface area contributed by atoms with E-state index < -0.39 is 29.1 Å². The average molecular weight is 516 g/mol. The fourth-order valence-electron chi connectivity index (χ4n) is 6.65. The summed E-state index contributed by atoms with van der Waals surface area (Å²) in [6.07, 6.45) is 5.74. The molecule has 3 aliphatic heterocycles. The van der Waals surface area contributed by atoms with Crippen molar-refractivity contribution in [3.8, 4) is 5.75 Å². The van der Waals surface area contributed by atoms with Gasteiger partial charge in [0.25, 0.3) is 0 Å². The number of aliphatic hydroxyl groups is 1. The Morgan fingerprint density at radius 2 is 1.84 bits per heavy atom. The molecule has 37 heavy (non-hydrogen) atoms. The maximum absolute atomic E-state index is 14.0. The van der Waals surface area contributed by atoms with Gasteiger partial charge in [-0.15, -0.1) is 0 Å². The lowest BCUT2D eigenvalue weighted by atomic mass is 9.65. The lowest BCUT2D eigenvalue weighted by Gasteiger charge is -2.34. The van der Waals surface area contributed by atoms with Crippen molar-refractivity contribution in [1.82, 2.24) is 10.2 Å². The van der Waals surface area contributed by atoms with Gasteiger partial charge in [-0.1, -0.05) is 26.7 Å². The summed E-state index contributed by atoms with van der Waals surface area (Å²) < 4.78 is 12.0. The molecule has 3 N–H and O–H groups in total. The second-order valence-corrected chi connectivity index (χ2v) is 10.5. The van der Waals surface area contributed by atoms with Gasteiger partial charge in [-0.25, -0.2) is 0 Å². The van der Waals surface area contributed by atoms with Crippen LogP contribution in [0.2, 0.25) is 0 Å². The molecule has 3 amide bonds. The van der Waals surface area contributed by atoms with E-state index in [4.69, 9.17) is 14.6 Å². The van der Waals surface area contributed by atoms with Crippen LogP contribution in [0.5, 0.6) is 5.75 Å². The number of benzene rings is 1. The maximum atomic E-state index is 14.0. The minimum absolute atomic E-state index is 0.141. The highest BCUT2D eigenvalue weighted by molar-refractivity contribution is 6.03. The van der Waals surface area contributed by atoms with E-state index in [1.54, 1.807) is 36.3 Å². The molecule has 3 saturated heterocycles. The van der Waals surface area contributed by atoms with Crippen LogP contribution in [0, 0.1) is 11.8 Å². The third-order valence-corrected chi connectivity index (χ3v) is 8.43. The molecule has 9 heteroatoms. The minimum atomic E-state index is -1.02. The molecule has 2 bridgehead atoms. The summed E-state index contributed by atoms with van der Waals surface area (Å²) in [5, 5.41) is 15.1. The molecule has 3 aliphatic rings. The first-order chi connectivity index (χ1) is 17.9. The van der Waals surface area contributed by atoms with Gasteiger partial charge in [0.2, 0.25) is 17.7 Å². The van der Waals surface area contributed by atoms with E-state index >= 15 is 0 Å². The monoisotopic (exact) mass is 515 g/mol. The second-order valence-electron chi connectivity index (χ2n) is 10.5. The van der Waals surface area contributed by atoms with E-state index in [0.717, 1.165) is 19.3 Å². The topological polar surface area (TPSA) is 117 Å². The Morgan fingerprint density at radius 1 is 1.11 bits per heavy atom. The fraction of sp³-hybridized carbons (Fsp3) is 0.679. The zero-order valence-electron chi connectivity index (χ0n) is 22.3. The van der Waals surface area contributed by atoms with Crippen molar-refractivity contribution in [3.63, 3.8) is 0 Å².